The van der Waals surface area contributed by atoms with Gasteiger partial charge in [-0.2, -0.15) is 0 Å². The lowest BCUT2D eigenvalue weighted by atomic mass is 10.1. The van der Waals surface area contributed by atoms with Crippen molar-refractivity contribution in [2.24, 2.45) is 0 Å². The predicted octanol–water partition coefficient (Wildman–Crippen LogP) is 3.84. The van der Waals surface area contributed by atoms with E-state index in [2.05, 4.69) is 16.8 Å². The Balaban J connectivity index is 1.62. The number of hydrogen-bond acceptors (Lipinski definition) is 6. The Morgan fingerprint density at radius 3 is 2.85 bits per heavy atom. The molecule has 27 heavy (non-hydrogen) atoms. The molecule has 0 aliphatic carbocycles. The lowest BCUT2D eigenvalue weighted by Crippen LogP contribution is -2.11. The number of aromatic nitrogens is 3. The quantitative estimate of drug-likeness (QED) is 0.347. The van der Waals surface area contributed by atoms with Crippen LogP contribution in [0.15, 0.2) is 36.0 Å². The van der Waals surface area contributed by atoms with Gasteiger partial charge in [0.1, 0.15) is 11.6 Å². The van der Waals surface area contributed by atoms with Crippen LogP contribution in [0.2, 0.25) is 10.0 Å². The largest absolute Gasteiger partial charge is 0.491 e. The molecule has 10 heteroatoms. The van der Waals surface area contributed by atoms with Crippen LogP contribution in [-0.2, 0) is 16.4 Å². The molecular formula is C17H19Cl2N3O3S2. The summed E-state index contributed by atoms with van der Waals surface area (Å²) in [5.41, 5.74) is 0. The maximum absolute atomic E-state index is 11.8. The minimum Gasteiger partial charge on any atom is -0.491 e. The van der Waals surface area contributed by atoms with E-state index in [1.54, 1.807) is 24.3 Å². The molecule has 146 valence electrons. The van der Waals surface area contributed by atoms with E-state index in [0.717, 1.165) is 5.16 Å². The molecule has 1 aromatic carbocycles. The highest BCUT2D eigenvalue weighted by Crippen LogP contribution is 2.31. The average molecular weight is 448 g/mol. The third-order valence-electron chi connectivity index (χ3n) is 4.12. The number of benzene rings is 1. The number of hydrogen-bond donors (Lipinski definition) is 0. The molecule has 0 radical (unpaired) electrons. The molecule has 0 N–H and O–H groups in total. The molecule has 0 saturated carbocycles. The van der Waals surface area contributed by atoms with Crippen molar-refractivity contribution in [1.29, 1.82) is 0 Å². The Bertz CT molecular complexity index is 932. The first-order chi connectivity index (χ1) is 12.9. The number of rotatable bonds is 8. The van der Waals surface area contributed by atoms with E-state index in [-0.39, 0.29) is 17.4 Å². The van der Waals surface area contributed by atoms with Gasteiger partial charge in [-0.1, -0.05) is 41.0 Å². The summed E-state index contributed by atoms with van der Waals surface area (Å²) in [6.45, 7) is 4.74. The van der Waals surface area contributed by atoms with Gasteiger partial charge in [0.25, 0.3) is 0 Å². The van der Waals surface area contributed by atoms with Gasteiger partial charge in [-0.25, -0.2) is 8.42 Å². The molecule has 0 amide bonds. The molecule has 2 heterocycles. The summed E-state index contributed by atoms with van der Waals surface area (Å²) >= 11 is 13.5. The summed E-state index contributed by atoms with van der Waals surface area (Å²) < 4.78 is 31.1. The van der Waals surface area contributed by atoms with Crippen LogP contribution in [0.4, 0.5) is 0 Å². The molecule has 0 spiro atoms. The van der Waals surface area contributed by atoms with E-state index in [9.17, 15) is 8.42 Å². The SMILES string of the molecule is C=CCn1c(SCCOc2ccc(Cl)cc2Cl)nnc1[C@@H]1CCS(=O)(=O)C1. The van der Waals surface area contributed by atoms with Crippen molar-refractivity contribution < 1.29 is 13.2 Å². The number of sulfone groups is 1. The minimum atomic E-state index is -2.98. The summed E-state index contributed by atoms with van der Waals surface area (Å²) in [6, 6.07) is 5.08. The van der Waals surface area contributed by atoms with Crippen LogP contribution in [-0.4, -0.2) is 47.0 Å². The third kappa shape index (κ3) is 5.19. The molecule has 2 aromatic rings. The molecule has 1 fully saturated rings. The summed E-state index contributed by atoms with van der Waals surface area (Å²) in [7, 11) is -2.98. The van der Waals surface area contributed by atoms with Gasteiger partial charge in [0.2, 0.25) is 0 Å². The molecular weight excluding hydrogens is 429 g/mol. The zero-order valence-corrected chi connectivity index (χ0v) is 17.6. The van der Waals surface area contributed by atoms with Crippen molar-refractivity contribution in [2.75, 3.05) is 23.9 Å². The monoisotopic (exact) mass is 447 g/mol. The maximum atomic E-state index is 11.8. The Labute approximate surface area is 172 Å². The smallest absolute Gasteiger partial charge is 0.191 e. The Morgan fingerprint density at radius 2 is 2.19 bits per heavy atom. The van der Waals surface area contributed by atoms with Gasteiger partial charge in [-0.15, -0.1) is 16.8 Å². The second-order valence-electron chi connectivity index (χ2n) is 6.11. The van der Waals surface area contributed by atoms with Gasteiger partial charge in [0.05, 0.1) is 23.1 Å². The lowest BCUT2D eigenvalue weighted by Gasteiger charge is -2.11. The van der Waals surface area contributed by atoms with Crippen LogP contribution in [0.1, 0.15) is 18.2 Å². The molecule has 1 aromatic heterocycles. The zero-order valence-electron chi connectivity index (χ0n) is 14.5. The van der Waals surface area contributed by atoms with Crippen LogP contribution in [0.3, 0.4) is 0 Å². The summed E-state index contributed by atoms with van der Waals surface area (Å²) in [5, 5.41) is 10.2. The van der Waals surface area contributed by atoms with E-state index in [1.807, 2.05) is 4.57 Å². The number of ether oxygens (including phenoxy) is 1. The van der Waals surface area contributed by atoms with E-state index in [0.29, 0.717) is 46.9 Å². The molecule has 1 atom stereocenters. The first kappa shape index (κ1) is 20.5. The first-order valence-corrected chi connectivity index (χ1v) is 11.9. The fraction of sp³-hybridized carbons (Fsp3) is 0.412. The molecule has 1 aliphatic heterocycles. The van der Waals surface area contributed by atoms with E-state index >= 15 is 0 Å². The highest BCUT2D eigenvalue weighted by Gasteiger charge is 2.33. The molecule has 1 saturated heterocycles. The van der Waals surface area contributed by atoms with Gasteiger partial charge in [-0.3, -0.25) is 0 Å². The summed E-state index contributed by atoms with van der Waals surface area (Å²) in [5.74, 6) is 2.14. The summed E-state index contributed by atoms with van der Waals surface area (Å²) in [4.78, 5) is 0. The standard InChI is InChI=1S/C17H19Cl2N3O3S2/c1-2-6-22-16(12-5-9-27(23,24)11-12)20-21-17(22)26-8-7-25-15-4-3-13(18)10-14(15)19/h2-4,10,12H,1,5-9,11H2/t12-/m1/s1. The molecule has 0 bridgehead atoms. The van der Waals surface area contributed by atoms with Gasteiger partial charge in [-0.05, 0) is 24.6 Å². The van der Waals surface area contributed by atoms with Crippen molar-refractivity contribution >= 4 is 44.8 Å². The Morgan fingerprint density at radius 1 is 1.37 bits per heavy atom. The van der Waals surface area contributed by atoms with Gasteiger partial charge >= 0.3 is 0 Å². The van der Waals surface area contributed by atoms with Crippen LogP contribution in [0, 0.1) is 0 Å². The first-order valence-electron chi connectivity index (χ1n) is 8.34. The van der Waals surface area contributed by atoms with Crippen molar-refractivity contribution in [1.82, 2.24) is 14.8 Å². The van der Waals surface area contributed by atoms with Crippen LogP contribution in [0.5, 0.6) is 5.75 Å². The number of allylic oxidation sites excluding steroid dienone is 1. The normalized spacial score (nSPS) is 18.5. The second-order valence-corrected chi connectivity index (χ2v) is 10.2. The second kappa shape index (κ2) is 8.86. The molecule has 0 unspecified atom stereocenters. The van der Waals surface area contributed by atoms with Crippen molar-refractivity contribution in [3.05, 3.63) is 46.7 Å². The van der Waals surface area contributed by atoms with E-state index in [4.69, 9.17) is 27.9 Å². The van der Waals surface area contributed by atoms with Gasteiger partial charge in [0.15, 0.2) is 15.0 Å². The van der Waals surface area contributed by atoms with E-state index < -0.39 is 9.84 Å². The Hall–Kier alpha value is -1.22. The van der Waals surface area contributed by atoms with Crippen molar-refractivity contribution in [2.45, 2.75) is 24.0 Å². The topological polar surface area (TPSA) is 74.1 Å². The van der Waals surface area contributed by atoms with Crippen molar-refractivity contribution in [3.8, 4) is 5.75 Å². The molecule has 1 aliphatic rings. The fourth-order valence-corrected chi connectivity index (χ4v) is 5.86. The fourth-order valence-electron chi connectivity index (χ4n) is 2.88. The van der Waals surface area contributed by atoms with Gasteiger partial charge < -0.3 is 9.30 Å². The maximum Gasteiger partial charge on any atom is 0.191 e. The van der Waals surface area contributed by atoms with Crippen LogP contribution < -0.4 is 4.74 Å². The number of thioether (sulfide) groups is 1. The van der Waals surface area contributed by atoms with Crippen molar-refractivity contribution in [3.63, 3.8) is 0 Å². The average Bonchev–Trinajstić information content (AvgIpc) is 3.16. The number of nitrogens with zero attached hydrogens (tertiary/aromatic N) is 3. The van der Waals surface area contributed by atoms with Crippen LogP contribution in [0.25, 0.3) is 0 Å². The third-order valence-corrected chi connectivity index (χ3v) is 7.35. The highest BCUT2D eigenvalue weighted by molar-refractivity contribution is 7.99. The lowest BCUT2D eigenvalue weighted by molar-refractivity contribution is 0.344. The minimum absolute atomic E-state index is 0.110. The molecule has 3 rings (SSSR count). The zero-order chi connectivity index (χ0) is 19.4. The highest BCUT2D eigenvalue weighted by atomic mass is 35.5. The molecule has 6 nitrogen and oxygen atoms in total. The van der Waals surface area contributed by atoms with E-state index in [1.165, 1.54) is 11.8 Å². The number of halogens is 2. The predicted molar refractivity (Wildman–Crippen MR) is 109 cm³/mol. The van der Waals surface area contributed by atoms with Crippen LogP contribution >= 0.6 is 35.0 Å². The summed E-state index contributed by atoms with van der Waals surface area (Å²) in [6.07, 6.45) is 2.34. The van der Waals surface area contributed by atoms with Gasteiger partial charge in [0, 0.05) is 23.2 Å². The Kier molecular flexibility index (Phi) is 6.73.